The van der Waals surface area contributed by atoms with Crippen LogP contribution in [0, 0.1) is 11.3 Å². The Morgan fingerprint density at radius 1 is 1.09 bits per heavy atom. The lowest BCUT2D eigenvalue weighted by atomic mass is 10.1. The van der Waals surface area contributed by atoms with Crippen LogP contribution in [0.25, 0.3) is 6.08 Å². The lowest BCUT2D eigenvalue weighted by Crippen LogP contribution is -2.27. The molecular formula is C26H20Br2N2O4. The maximum atomic E-state index is 12.6. The molecule has 0 fully saturated rings. The molecule has 8 heteroatoms. The van der Waals surface area contributed by atoms with E-state index in [1.165, 1.54) is 18.2 Å². The summed E-state index contributed by atoms with van der Waals surface area (Å²) < 4.78 is 7.14. The largest absolute Gasteiger partial charge is 0.487 e. The first kappa shape index (κ1) is 25.2. The Hall–Kier alpha value is -3.41. The van der Waals surface area contributed by atoms with Gasteiger partial charge in [-0.05, 0) is 85.8 Å². The Morgan fingerprint density at radius 3 is 2.26 bits per heavy atom. The third-order valence-corrected chi connectivity index (χ3v) is 6.11. The molecule has 0 saturated heterocycles. The van der Waals surface area contributed by atoms with Gasteiger partial charge in [-0.2, -0.15) is 5.26 Å². The summed E-state index contributed by atoms with van der Waals surface area (Å²) in [5, 5.41) is 21.4. The molecule has 6 nitrogen and oxygen atoms in total. The molecule has 172 valence electrons. The lowest BCUT2D eigenvalue weighted by molar-refractivity contribution is -0.117. The monoisotopic (exact) mass is 582 g/mol. The highest BCUT2D eigenvalue weighted by atomic mass is 79.9. The Bertz CT molecular complexity index is 1240. The number of carboxylic acid groups (broad SMARTS) is 1. The second-order valence-electron chi connectivity index (χ2n) is 7.38. The zero-order valence-corrected chi connectivity index (χ0v) is 21.3. The molecule has 0 bridgehead atoms. The van der Waals surface area contributed by atoms with Crippen molar-refractivity contribution >= 4 is 49.8 Å². The standard InChI is InChI=1S/C26H20Br2N2O4/c1-16(19-5-3-2-4-6-19)30-25(31)21(14-29)11-18-12-22(27)24(23(28)13-18)34-15-17-7-9-20(10-8-17)26(32)33/h2-13,16H,15H2,1H3,(H,30,31)(H,32,33)/b21-11-/t16-/m1/s1. The van der Waals surface area contributed by atoms with E-state index in [4.69, 9.17) is 9.84 Å². The van der Waals surface area contributed by atoms with Gasteiger partial charge in [-0.25, -0.2) is 4.79 Å². The van der Waals surface area contributed by atoms with Crippen molar-refractivity contribution in [2.24, 2.45) is 0 Å². The number of carbonyl (C=O) groups excluding carboxylic acids is 1. The van der Waals surface area contributed by atoms with Crippen LogP contribution in [-0.2, 0) is 11.4 Å². The Labute approximate surface area is 214 Å². The minimum absolute atomic E-state index is 0.0197. The van der Waals surface area contributed by atoms with E-state index in [2.05, 4.69) is 37.2 Å². The van der Waals surface area contributed by atoms with Crippen LogP contribution < -0.4 is 10.1 Å². The zero-order chi connectivity index (χ0) is 24.7. The second-order valence-corrected chi connectivity index (χ2v) is 9.09. The number of ether oxygens (including phenoxy) is 1. The maximum Gasteiger partial charge on any atom is 0.335 e. The summed E-state index contributed by atoms with van der Waals surface area (Å²) >= 11 is 6.95. The molecule has 34 heavy (non-hydrogen) atoms. The van der Waals surface area contributed by atoms with Crippen LogP contribution in [0.4, 0.5) is 0 Å². The predicted molar refractivity (Wildman–Crippen MR) is 136 cm³/mol. The van der Waals surface area contributed by atoms with E-state index in [-0.39, 0.29) is 23.8 Å². The van der Waals surface area contributed by atoms with Crippen LogP contribution in [0.2, 0.25) is 0 Å². The number of nitrogens with zero attached hydrogens (tertiary/aromatic N) is 1. The number of carboxylic acids is 1. The molecule has 0 aliphatic rings. The van der Waals surface area contributed by atoms with E-state index in [0.29, 0.717) is 20.3 Å². The highest BCUT2D eigenvalue weighted by Crippen LogP contribution is 2.36. The number of benzene rings is 3. The van der Waals surface area contributed by atoms with Gasteiger partial charge in [0.15, 0.2) is 0 Å². The number of hydrogen-bond acceptors (Lipinski definition) is 4. The van der Waals surface area contributed by atoms with Crippen LogP contribution in [0.15, 0.2) is 81.2 Å². The van der Waals surface area contributed by atoms with E-state index >= 15 is 0 Å². The average molecular weight is 584 g/mol. The number of nitrogens with one attached hydrogen (secondary N) is 1. The lowest BCUT2D eigenvalue weighted by Gasteiger charge is -2.14. The Balaban J connectivity index is 1.72. The Kier molecular flexibility index (Phi) is 8.63. The van der Waals surface area contributed by atoms with Crippen LogP contribution in [0.5, 0.6) is 5.75 Å². The van der Waals surface area contributed by atoms with E-state index < -0.39 is 11.9 Å². The summed E-state index contributed by atoms with van der Waals surface area (Å²) in [6, 6.07) is 21.1. The number of nitriles is 1. The molecule has 1 amide bonds. The molecule has 0 spiro atoms. The summed E-state index contributed by atoms with van der Waals surface area (Å²) in [5.74, 6) is -0.905. The van der Waals surface area contributed by atoms with Crippen molar-refractivity contribution in [2.45, 2.75) is 19.6 Å². The van der Waals surface area contributed by atoms with Crippen molar-refractivity contribution in [1.82, 2.24) is 5.32 Å². The molecule has 0 radical (unpaired) electrons. The number of rotatable bonds is 8. The number of aromatic carboxylic acids is 1. The quantitative estimate of drug-likeness (QED) is 0.240. The van der Waals surface area contributed by atoms with Crippen molar-refractivity contribution in [3.63, 3.8) is 0 Å². The van der Waals surface area contributed by atoms with Crippen molar-refractivity contribution < 1.29 is 19.4 Å². The molecule has 1 atom stereocenters. The zero-order valence-electron chi connectivity index (χ0n) is 18.1. The smallest absolute Gasteiger partial charge is 0.335 e. The molecule has 0 aliphatic heterocycles. The average Bonchev–Trinajstić information content (AvgIpc) is 2.82. The molecule has 2 N–H and O–H groups in total. The van der Waals surface area contributed by atoms with Gasteiger partial charge in [0.25, 0.3) is 5.91 Å². The van der Waals surface area contributed by atoms with Crippen LogP contribution in [-0.4, -0.2) is 17.0 Å². The first-order chi connectivity index (χ1) is 16.3. The second kappa shape index (κ2) is 11.6. The fraction of sp³-hybridized carbons (Fsp3) is 0.115. The molecule has 0 unspecified atom stereocenters. The number of amides is 1. The van der Waals surface area contributed by atoms with Crippen LogP contribution >= 0.6 is 31.9 Å². The molecule has 3 aromatic rings. The summed E-state index contributed by atoms with van der Waals surface area (Å²) in [7, 11) is 0. The number of halogens is 2. The van der Waals surface area contributed by atoms with E-state index in [9.17, 15) is 14.9 Å². The van der Waals surface area contributed by atoms with Crippen molar-refractivity contribution in [3.8, 4) is 11.8 Å². The van der Waals surface area contributed by atoms with E-state index in [1.54, 1.807) is 24.3 Å². The van der Waals surface area contributed by atoms with Gasteiger partial charge >= 0.3 is 5.97 Å². The molecule has 0 aliphatic carbocycles. The topological polar surface area (TPSA) is 99.4 Å². The highest BCUT2D eigenvalue weighted by Gasteiger charge is 2.15. The Morgan fingerprint density at radius 2 is 1.71 bits per heavy atom. The van der Waals surface area contributed by atoms with Crippen LogP contribution in [0.3, 0.4) is 0 Å². The predicted octanol–water partition coefficient (Wildman–Crippen LogP) is 6.27. The van der Waals surface area contributed by atoms with Gasteiger partial charge in [-0.15, -0.1) is 0 Å². The fourth-order valence-corrected chi connectivity index (χ4v) is 4.57. The van der Waals surface area contributed by atoms with Gasteiger partial charge in [0.2, 0.25) is 0 Å². The summed E-state index contributed by atoms with van der Waals surface area (Å²) in [6.45, 7) is 2.09. The van der Waals surface area contributed by atoms with Gasteiger partial charge in [0.05, 0.1) is 20.6 Å². The minimum atomic E-state index is -0.985. The maximum absolute atomic E-state index is 12.6. The van der Waals surface area contributed by atoms with Crippen LogP contribution in [0.1, 0.15) is 40.0 Å². The summed E-state index contributed by atoms with van der Waals surface area (Å²) in [6.07, 6.45) is 1.51. The highest BCUT2D eigenvalue weighted by molar-refractivity contribution is 9.11. The van der Waals surface area contributed by atoms with Crippen molar-refractivity contribution in [3.05, 3.63) is 104 Å². The van der Waals surface area contributed by atoms with Gasteiger partial charge in [-0.3, -0.25) is 4.79 Å². The summed E-state index contributed by atoms with van der Waals surface area (Å²) in [5.41, 5.74) is 2.57. The first-order valence-corrected chi connectivity index (χ1v) is 11.8. The van der Waals surface area contributed by atoms with Crippen molar-refractivity contribution in [2.75, 3.05) is 0 Å². The number of carbonyl (C=O) groups is 2. The molecule has 3 aromatic carbocycles. The SMILES string of the molecule is C[C@@H](NC(=O)/C(C#N)=C\c1cc(Br)c(OCc2ccc(C(=O)O)cc2)c(Br)c1)c1ccccc1. The van der Waals surface area contributed by atoms with Gasteiger partial charge in [-0.1, -0.05) is 42.5 Å². The van der Waals surface area contributed by atoms with E-state index in [0.717, 1.165) is 11.1 Å². The molecule has 3 rings (SSSR count). The van der Waals surface area contributed by atoms with Gasteiger partial charge < -0.3 is 15.2 Å². The third kappa shape index (κ3) is 6.56. The minimum Gasteiger partial charge on any atom is -0.487 e. The molecule has 0 aromatic heterocycles. The number of hydrogen-bond donors (Lipinski definition) is 2. The summed E-state index contributed by atoms with van der Waals surface area (Å²) in [4.78, 5) is 23.6. The normalized spacial score (nSPS) is 11.9. The molecule has 0 heterocycles. The fourth-order valence-electron chi connectivity index (χ4n) is 3.11. The third-order valence-electron chi connectivity index (χ3n) is 4.93. The molecule has 0 saturated carbocycles. The van der Waals surface area contributed by atoms with E-state index in [1.807, 2.05) is 43.3 Å². The van der Waals surface area contributed by atoms with Crippen molar-refractivity contribution in [1.29, 1.82) is 5.26 Å². The first-order valence-electron chi connectivity index (χ1n) is 10.2. The van der Waals surface area contributed by atoms with Gasteiger partial charge in [0.1, 0.15) is 24.0 Å². The molecular weight excluding hydrogens is 564 g/mol. The van der Waals surface area contributed by atoms with Gasteiger partial charge in [0, 0.05) is 0 Å².